The highest BCUT2D eigenvalue weighted by atomic mass is 16.5. The van der Waals surface area contributed by atoms with Gasteiger partial charge < -0.3 is 19.8 Å². The number of carbonyl (C=O) groups excluding carboxylic acids is 1. The van der Waals surface area contributed by atoms with E-state index in [4.69, 9.17) is 15.2 Å². The summed E-state index contributed by atoms with van der Waals surface area (Å²) in [4.78, 5) is 16.1. The van der Waals surface area contributed by atoms with E-state index < -0.39 is 5.97 Å². The van der Waals surface area contributed by atoms with E-state index in [-0.39, 0.29) is 11.2 Å². The van der Waals surface area contributed by atoms with Crippen molar-refractivity contribution in [2.24, 2.45) is 0 Å². The van der Waals surface area contributed by atoms with Crippen LogP contribution in [0.2, 0.25) is 0 Å². The summed E-state index contributed by atoms with van der Waals surface area (Å²) in [5.74, 6) is 0.611. The number of hydrogen-bond acceptors (Lipinski definition) is 5. The van der Waals surface area contributed by atoms with Gasteiger partial charge in [0.2, 0.25) is 0 Å². The zero-order valence-electron chi connectivity index (χ0n) is 11.7. The Morgan fingerprint density at radius 2 is 2.37 bits per heavy atom. The Labute approximate surface area is 112 Å². The van der Waals surface area contributed by atoms with E-state index in [1.807, 2.05) is 11.5 Å². The van der Waals surface area contributed by atoms with Crippen molar-refractivity contribution in [3.05, 3.63) is 11.5 Å². The molecule has 1 aromatic heterocycles. The van der Waals surface area contributed by atoms with Gasteiger partial charge in [0.25, 0.3) is 0 Å². The minimum absolute atomic E-state index is 0.200. The Morgan fingerprint density at radius 1 is 1.63 bits per heavy atom. The molecule has 6 nitrogen and oxygen atoms in total. The standard InChI is InChI=1S/C13H21N3O3/c1-4-19-12(17)10-11(14)16(9(2)15-10)13(3)6-5-7-18-8-13/h4-8,14H2,1-3H3. The molecule has 2 N–H and O–H groups in total. The zero-order valence-corrected chi connectivity index (χ0v) is 11.7. The highest BCUT2D eigenvalue weighted by Crippen LogP contribution is 2.32. The average molecular weight is 267 g/mol. The normalized spacial score (nSPS) is 23.3. The van der Waals surface area contributed by atoms with Gasteiger partial charge in [-0.1, -0.05) is 0 Å². The lowest BCUT2D eigenvalue weighted by Gasteiger charge is -2.36. The molecule has 0 spiro atoms. The number of aryl methyl sites for hydroxylation is 1. The molecule has 1 saturated heterocycles. The smallest absolute Gasteiger partial charge is 0.360 e. The van der Waals surface area contributed by atoms with Gasteiger partial charge in [-0.2, -0.15) is 0 Å². The van der Waals surface area contributed by atoms with Crippen LogP contribution in [0.3, 0.4) is 0 Å². The van der Waals surface area contributed by atoms with Crippen molar-refractivity contribution in [1.82, 2.24) is 9.55 Å². The minimum atomic E-state index is -0.470. The van der Waals surface area contributed by atoms with Crippen LogP contribution >= 0.6 is 0 Å². The molecule has 2 rings (SSSR count). The van der Waals surface area contributed by atoms with Gasteiger partial charge >= 0.3 is 5.97 Å². The fraction of sp³-hybridized carbons (Fsp3) is 0.692. The third kappa shape index (κ3) is 2.45. The maximum Gasteiger partial charge on any atom is 0.360 e. The summed E-state index contributed by atoms with van der Waals surface area (Å²) >= 11 is 0. The third-order valence-electron chi connectivity index (χ3n) is 3.51. The van der Waals surface area contributed by atoms with E-state index in [0.29, 0.717) is 24.9 Å². The average Bonchev–Trinajstić information content (AvgIpc) is 2.66. The van der Waals surface area contributed by atoms with Crippen LogP contribution in [0, 0.1) is 6.92 Å². The highest BCUT2D eigenvalue weighted by Gasteiger charge is 2.34. The Kier molecular flexibility index (Phi) is 3.80. The largest absolute Gasteiger partial charge is 0.461 e. The first-order valence-electron chi connectivity index (χ1n) is 6.60. The van der Waals surface area contributed by atoms with E-state index >= 15 is 0 Å². The number of nitrogens with two attached hydrogens (primary N) is 1. The van der Waals surface area contributed by atoms with Crippen molar-refractivity contribution >= 4 is 11.8 Å². The first-order chi connectivity index (χ1) is 8.99. The molecule has 19 heavy (non-hydrogen) atoms. The molecule has 1 aliphatic rings. The maximum absolute atomic E-state index is 11.8. The Bertz CT molecular complexity index is 476. The van der Waals surface area contributed by atoms with E-state index in [9.17, 15) is 4.79 Å². The molecule has 0 aromatic carbocycles. The second-order valence-corrected chi connectivity index (χ2v) is 5.10. The van der Waals surface area contributed by atoms with Crippen LogP contribution in [0.15, 0.2) is 0 Å². The zero-order chi connectivity index (χ0) is 14.0. The van der Waals surface area contributed by atoms with Crippen LogP contribution in [-0.2, 0) is 15.0 Å². The number of nitrogen functional groups attached to an aromatic ring is 1. The van der Waals surface area contributed by atoms with Gasteiger partial charge in [0, 0.05) is 6.61 Å². The lowest BCUT2D eigenvalue weighted by Crippen LogP contribution is -2.40. The van der Waals surface area contributed by atoms with Gasteiger partial charge in [-0.05, 0) is 33.6 Å². The molecule has 1 fully saturated rings. The SMILES string of the molecule is CCOC(=O)c1nc(C)n(C2(C)CCCOC2)c1N. The number of nitrogens with zero attached hydrogens (tertiary/aromatic N) is 2. The molecular weight excluding hydrogens is 246 g/mol. The van der Waals surface area contributed by atoms with Crippen molar-refractivity contribution < 1.29 is 14.3 Å². The molecule has 0 radical (unpaired) electrons. The quantitative estimate of drug-likeness (QED) is 0.839. The summed E-state index contributed by atoms with van der Waals surface area (Å²) < 4.78 is 12.4. The maximum atomic E-state index is 11.8. The fourth-order valence-electron chi connectivity index (χ4n) is 2.68. The molecule has 1 aliphatic heterocycles. The predicted octanol–water partition coefficient (Wildman–Crippen LogP) is 1.48. The second kappa shape index (κ2) is 5.21. The molecule has 0 saturated carbocycles. The van der Waals surface area contributed by atoms with Gasteiger partial charge in [0.1, 0.15) is 11.6 Å². The topological polar surface area (TPSA) is 79.4 Å². The van der Waals surface area contributed by atoms with Crippen molar-refractivity contribution in [2.75, 3.05) is 25.6 Å². The number of esters is 1. The van der Waals surface area contributed by atoms with Crippen LogP contribution < -0.4 is 5.73 Å². The first-order valence-corrected chi connectivity index (χ1v) is 6.60. The molecule has 0 amide bonds. The van der Waals surface area contributed by atoms with Crippen LogP contribution in [0.1, 0.15) is 43.0 Å². The van der Waals surface area contributed by atoms with Crippen molar-refractivity contribution in [3.63, 3.8) is 0 Å². The molecule has 6 heteroatoms. The monoisotopic (exact) mass is 267 g/mol. The Balaban J connectivity index is 2.38. The Hall–Kier alpha value is -1.56. The van der Waals surface area contributed by atoms with Crippen LogP contribution in [0.25, 0.3) is 0 Å². The number of carbonyl (C=O) groups is 1. The second-order valence-electron chi connectivity index (χ2n) is 5.10. The van der Waals surface area contributed by atoms with Gasteiger partial charge in [0.15, 0.2) is 5.69 Å². The molecule has 2 heterocycles. The summed E-state index contributed by atoms with van der Waals surface area (Å²) in [6.45, 7) is 7.34. The van der Waals surface area contributed by atoms with Crippen LogP contribution in [0.4, 0.5) is 5.82 Å². The lowest BCUT2D eigenvalue weighted by molar-refractivity contribution is 0.00952. The summed E-state index contributed by atoms with van der Waals surface area (Å²) in [5, 5.41) is 0. The number of hydrogen-bond donors (Lipinski definition) is 1. The van der Waals surface area contributed by atoms with E-state index in [0.717, 1.165) is 19.4 Å². The molecule has 1 atom stereocenters. The fourth-order valence-corrected chi connectivity index (χ4v) is 2.68. The van der Waals surface area contributed by atoms with Crippen molar-refractivity contribution in [2.45, 2.75) is 39.2 Å². The van der Waals surface area contributed by atoms with Crippen molar-refractivity contribution in [3.8, 4) is 0 Å². The molecular formula is C13H21N3O3. The molecule has 0 bridgehead atoms. The number of anilines is 1. The van der Waals surface area contributed by atoms with E-state index in [1.54, 1.807) is 6.92 Å². The minimum Gasteiger partial charge on any atom is -0.461 e. The number of ether oxygens (including phenoxy) is 2. The molecule has 1 unspecified atom stereocenters. The number of rotatable bonds is 3. The number of imidazole rings is 1. The van der Waals surface area contributed by atoms with Crippen molar-refractivity contribution in [1.29, 1.82) is 0 Å². The molecule has 1 aromatic rings. The van der Waals surface area contributed by atoms with Gasteiger partial charge in [-0.3, -0.25) is 0 Å². The van der Waals surface area contributed by atoms with Crippen LogP contribution in [-0.4, -0.2) is 35.3 Å². The summed E-state index contributed by atoms with van der Waals surface area (Å²) in [5.41, 5.74) is 6.05. The first kappa shape index (κ1) is 13.9. The van der Waals surface area contributed by atoms with E-state index in [1.165, 1.54) is 0 Å². The van der Waals surface area contributed by atoms with Gasteiger partial charge in [-0.15, -0.1) is 0 Å². The molecule has 0 aliphatic carbocycles. The van der Waals surface area contributed by atoms with Crippen LogP contribution in [0.5, 0.6) is 0 Å². The molecule has 106 valence electrons. The van der Waals surface area contributed by atoms with Gasteiger partial charge in [0.05, 0.1) is 18.8 Å². The summed E-state index contributed by atoms with van der Waals surface area (Å²) in [7, 11) is 0. The van der Waals surface area contributed by atoms with E-state index in [2.05, 4.69) is 11.9 Å². The Morgan fingerprint density at radius 3 is 2.95 bits per heavy atom. The summed E-state index contributed by atoms with van der Waals surface area (Å²) in [6.07, 6.45) is 1.93. The summed E-state index contributed by atoms with van der Waals surface area (Å²) in [6, 6.07) is 0. The highest BCUT2D eigenvalue weighted by molar-refractivity contribution is 5.92. The lowest BCUT2D eigenvalue weighted by atomic mass is 9.94. The van der Waals surface area contributed by atoms with Gasteiger partial charge in [-0.25, -0.2) is 9.78 Å². The number of aromatic nitrogens is 2. The third-order valence-corrected chi connectivity index (χ3v) is 3.51. The predicted molar refractivity (Wildman–Crippen MR) is 71.0 cm³/mol.